The number of benzene rings is 1. The highest BCUT2D eigenvalue weighted by atomic mass is 19.1. The fourth-order valence-electron chi connectivity index (χ4n) is 2.88. The maximum Gasteiger partial charge on any atom is 0.126 e. The van der Waals surface area contributed by atoms with E-state index < -0.39 is 11.6 Å². The van der Waals surface area contributed by atoms with Crippen molar-refractivity contribution in [2.24, 2.45) is 0 Å². The lowest BCUT2D eigenvalue weighted by Gasteiger charge is -2.32. The third kappa shape index (κ3) is 3.51. The quantitative estimate of drug-likeness (QED) is 0.901. The van der Waals surface area contributed by atoms with Crippen LogP contribution in [-0.4, -0.2) is 30.1 Å². The fourth-order valence-corrected chi connectivity index (χ4v) is 2.88. The Morgan fingerprint density at radius 1 is 1.00 bits per heavy atom. The summed E-state index contributed by atoms with van der Waals surface area (Å²) in [6.07, 6.45) is 4.99. The lowest BCUT2D eigenvalue weighted by Crippen LogP contribution is -2.43. The molecule has 2 fully saturated rings. The van der Waals surface area contributed by atoms with Crippen molar-refractivity contribution in [3.63, 3.8) is 0 Å². The monoisotopic (exact) mass is 266 g/mol. The summed E-state index contributed by atoms with van der Waals surface area (Å²) < 4.78 is 26.1. The zero-order chi connectivity index (χ0) is 13.2. The van der Waals surface area contributed by atoms with E-state index in [0.717, 1.165) is 38.0 Å². The van der Waals surface area contributed by atoms with Crippen molar-refractivity contribution in [3.05, 3.63) is 35.4 Å². The van der Waals surface area contributed by atoms with Crippen molar-refractivity contribution in [1.82, 2.24) is 10.2 Å². The molecule has 3 rings (SSSR count). The molecular weight excluding hydrogens is 246 g/mol. The van der Waals surface area contributed by atoms with Gasteiger partial charge in [-0.05, 0) is 56.5 Å². The number of hydrogen-bond donors (Lipinski definition) is 1. The first-order chi connectivity index (χ1) is 9.20. The minimum Gasteiger partial charge on any atom is -0.310 e. The molecule has 1 N–H and O–H groups in total. The Morgan fingerprint density at radius 2 is 1.63 bits per heavy atom. The van der Waals surface area contributed by atoms with E-state index in [4.69, 9.17) is 0 Å². The predicted molar refractivity (Wildman–Crippen MR) is 70.8 cm³/mol. The minimum absolute atomic E-state index is 0.473. The lowest BCUT2D eigenvalue weighted by molar-refractivity contribution is 0.189. The fraction of sp³-hybridized carbons (Fsp3) is 0.600. The minimum atomic E-state index is -0.500. The summed E-state index contributed by atoms with van der Waals surface area (Å²) in [5.74, 6) is -0.999. The van der Waals surface area contributed by atoms with E-state index in [0.29, 0.717) is 18.2 Å². The Morgan fingerprint density at radius 3 is 2.21 bits per heavy atom. The Balaban J connectivity index is 1.47. The smallest absolute Gasteiger partial charge is 0.126 e. The van der Waals surface area contributed by atoms with Crippen LogP contribution in [0.1, 0.15) is 31.2 Å². The van der Waals surface area contributed by atoms with Crippen LogP contribution in [0.3, 0.4) is 0 Å². The van der Waals surface area contributed by atoms with Gasteiger partial charge in [-0.3, -0.25) is 0 Å². The average Bonchev–Trinajstić information content (AvgIpc) is 3.20. The van der Waals surface area contributed by atoms with Crippen LogP contribution in [0.4, 0.5) is 8.78 Å². The second-order valence-electron chi connectivity index (χ2n) is 5.70. The van der Waals surface area contributed by atoms with Crippen LogP contribution in [0.5, 0.6) is 0 Å². The Kier molecular flexibility index (Phi) is 3.80. The molecule has 2 aliphatic rings. The molecule has 1 aromatic rings. The van der Waals surface area contributed by atoms with Gasteiger partial charge in [0.15, 0.2) is 0 Å². The van der Waals surface area contributed by atoms with Crippen LogP contribution in [0.15, 0.2) is 18.2 Å². The van der Waals surface area contributed by atoms with E-state index in [-0.39, 0.29) is 0 Å². The summed E-state index contributed by atoms with van der Waals surface area (Å²) in [7, 11) is 0. The molecule has 4 heteroatoms. The Bertz CT molecular complexity index is 418. The topological polar surface area (TPSA) is 15.3 Å². The molecule has 19 heavy (non-hydrogen) atoms. The van der Waals surface area contributed by atoms with E-state index in [1.54, 1.807) is 0 Å². The van der Waals surface area contributed by atoms with Gasteiger partial charge in [0.25, 0.3) is 0 Å². The Labute approximate surface area is 112 Å². The number of likely N-dealkylation sites (tertiary alicyclic amines) is 1. The standard InChI is InChI=1S/C15H20F2N2/c16-12-7-11(8-13(17)9-12)10-18-14-3-5-19(6-4-14)15-1-2-15/h7-9,14-15,18H,1-6,10H2. The van der Waals surface area contributed by atoms with E-state index in [9.17, 15) is 8.78 Å². The van der Waals surface area contributed by atoms with Gasteiger partial charge in [0.2, 0.25) is 0 Å². The van der Waals surface area contributed by atoms with Gasteiger partial charge in [0.1, 0.15) is 11.6 Å². The maximum absolute atomic E-state index is 13.1. The zero-order valence-corrected chi connectivity index (χ0v) is 11.0. The van der Waals surface area contributed by atoms with Crippen LogP contribution in [0, 0.1) is 11.6 Å². The molecule has 1 saturated heterocycles. The molecule has 0 atom stereocenters. The number of hydrogen-bond acceptors (Lipinski definition) is 2. The summed E-state index contributed by atoms with van der Waals surface area (Å²) in [4.78, 5) is 2.57. The molecule has 1 heterocycles. The highest BCUT2D eigenvalue weighted by Crippen LogP contribution is 2.29. The number of nitrogens with zero attached hydrogens (tertiary/aromatic N) is 1. The van der Waals surface area contributed by atoms with E-state index >= 15 is 0 Å². The average molecular weight is 266 g/mol. The van der Waals surface area contributed by atoms with Crippen molar-refractivity contribution in [2.45, 2.75) is 44.3 Å². The van der Waals surface area contributed by atoms with Crippen LogP contribution >= 0.6 is 0 Å². The maximum atomic E-state index is 13.1. The van der Waals surface area contributed by atoms with E-state index in [1.165, 1.54) is 25.0 Å². The van der Waals surface area contributed by atoms with Gasteiger partial charge in [-0.15, -0.1) is 0 Å². The third-order valence-electron chi connectivity index (χ3n) is 4.11. The molecule has 0 unspecified atom stereocenters. The molecule has 1 aliphatic heterocycles. The molecule has 1 aromatic carbocycles. The zero-order valence-electron chi connectivity index (χ0n) is 11.0. The van der Waals surface area contributed by atoms with Gasteiger partial charge >= 0.3 is 0 Å². The number of nitrogens with one attached hydrogen (secondary N) is 1. The summed E-state index contributed by atoms with van der Waals surface area (Å²) >= 11 is 0. The second kappa shape index (κ2) is 5.55. The molecule has 104 valence electrons. The van der Waals surface area contributed by atoms with Crippen molar-refractivity contribution in [3.8, 4) is 0 Å². The molecule has 1 saturated carbocycles. The van der Waals surface area contributed by atoms with Crippen molar-refractivity contribution >= 4 is 0 Å². The van der Waals surface area contributed by atoms with E-state index in [1.807, 2.05) is 0 Å². The summed E-state index contributed by atoms with van der Waals surface area (Å²) in [5, 5.41) is 3.41. The highest BCUT2D eigenvalue weighted by molar-refractivity contribution is 5.17. The lowest BCUT2D eigenvalue weighted by atomic mass is 10.0. The number of halogens is 2. The summed E-state index contributed by atoms with van der Waals surface area (Å²) in [6, 6.07) is 5.03. The molecule has 0 aromatic heterocycles. The molecule has 0 radical (unpaired) electrons. The first-order valence-electron chi connectivity index (χ1n) is 7.13. The normalized spacial score (nSPS) is 21.8. The van der Waals surface area contributed by atoms with Crippen LogP contribution in [0.25, 0.3) is 0 Å². The largest absolute Gasteiger partial charge is 0.310 e. The molecule has 0 spiro atoms. The van der Waals surface area contributed by atoms with Crippen molar-refractivity contribution < 1.29 is 8.78 Å². The van der Waals surface area contributed by atoms with Crippen LogP contribution in [-0.2, 0) is 6.54 Å². The van der Waals surface area contributed by atoms with Gasteiger partial charge in [-0.25, -0.2) is 8.78 Å². The van der Waals surface area contributed by atoms with Gasteiger partial charge in [0.05, 0.1) is 0 Å². The molecule has 0 bridgehead atoms. The van der Waals surface area contributed by atoms with Gasteiger partial charge in [0, 0.05) is 24.7 Å². The summed E-state index contributed by atoms with van der Waals surface area (Å²) in [5.41, 5.74) is 0.683. The van der Waals surface area contributed by atoms with Crippen LogP contribution < -0.4 is 5.32 Å². The van der Waals surface area contributed by atoms with Gasteiger partial charge < -0.3 is 10.2 Å². The second-order valence-corrected chi connectivity index (χ2v) is 5.70. The molecule has 2 nitrogen and oxygen atoms in total. The Hall–Kier alpha value is -1.00. The van der Waals surface area contributed by atoms with Crippen molar-refractivity contribution in [1.29, 1.82) is 0 Å². The first kappa shape index (κ1) is 13.0. The van der Waals surface area contributed by atoms with E-state index in [2.05, 4.69) is 10.2 Å². The molecular formula is C15H20F2N2. The third-order valence-corrected chi connectivity index (χ3v) is 4.11. The van der Waals surface area contributed by atoms with Crippen LogP contribution in [0.2, 0.25) is 0 Å². The summed E-state index contributed by atoms with van der Waals surface area (Å²) in [6.45, 7) is 2.85. The van der Waals surface area contributed by atoms with Gasteiger partial charge in [-0.1, -0.05) is 0 Å². The molecule has 1 aliphatic carbocycles. The number of rotatable bonds is 4. The SMILES string of the molecule is Fc1cc(F)cc(CNC2CCN(C3CC3)CC2)c1. The predicted octanol–water partition coefficient (Wildman–Crippen LogP) is 2.68. The number of piperidine rings is 1. The first-order valence-corrected chi connectivity index (χ1v) is 7.13. The van der Waals surface area contributed by atoms with Crippen molar-refractivity contribution in [2.75, 3.05) is 13.1 Å². The molecule has 0 amide bonds. The highest BCUT2D eigenvalue weighted by Gasteiger charge is 2.31. The van der Waals surface area contributed by atoms with Gasteiger partial charge in [-0.2, -0.15) is 0 Å².